The molecule has 5 heteroatoms. The molecule has 1 saturated heterocycles. The second kappa shape index (κ2) is 7.62. The van der Waals surface area contributed by atoms with E-state index in [-0.39, 0.29) is 6.04 Å². The van der Waals surface area contributed by atoms with Gasteiger partial charge in [-0.2, -0.15) is 0 Å². The lowest BCUT2D eigenvalue weighted by Gasteiger charge is -2.20. The van der Waals surface area contributed by atoms with Gasteiger partial charge in [-0.25, -0.2) is 0 Å². The zero-order valence-corrected chi connectivity index (χ0v) is 13.3. The summed E-state index contributed by atoms with van der Waals surface area (Å²) in [6.07, 6.45) is 2.10. The molecule has 3 nitrogen and oxygen atoms in total. The molecule has 0 amide bonds. The van der Waals surface area contributed by atoms with Crippen LogP contribution in [0.15, 0.2) is 18.2 Å². The first-order valence-corrected chi connectivity index (χ1v) is 7.78. The van der Waals surface area contributed by atoms with Crippen molar-refractivity contribution in [1.29, 1.82) is 0 Å². The molecule has 0 bridgehead atoms. The van der Waals surface area contributed by atoms with Crippen molar-refractivity contribution in [2.75, 3.05) is 33.4 Å². The largest absolute Gasteiger partial charge is 0.384 e. The summed E-state index contributed by atoms with van der Waals surface area (Å²) in [5, 5.41) is 1.15. The molecule has 2 atom stereocenters. The van der Waals surface area contributed by atoms with Gasteiger partial charge in [-0.05, 0) is 43.5 Å². The van der Waals surface area contributed by atoms with Crippen molar-refractivity contribution in [3.05, 3.63) is 33.8 Å². The fraction of sp³-hybridized carbons (Fsp3) is 0.600. The highest BCUT2D eigenvalue weighted by Gasteiger charge is 2.23. The highest BCUT2D eigenvalue weighted by molar-refractivity contribution is 6.42. The van der Waals surface area contributed by atoms with E-state index in [1.165, 1.54) is 6.42 Å². The van der Waals surface area contributed by atoms with Crippen LogP contribution in [0.3, 0.4) is 0 Å². The number of hydrogen-bond donors (Lipinski definition) is 1. The number of methoxy groups -OCH3 is 1. The van der Waals surface area contributed by atoms with Gasteiger partial charge in [0.1, 0.15) is 0 Å². The van der Waals surface area contributed by atoms with Crippen LogP contribution in [0.1, 0.15) is 24.4 Å². The van der Waals surface area contributed by atoms with Gasteiger partial charge in [0.2, 0.25) is 0 Å². The van der Waals surface area contributed by atoms with E-state index in [1.807, 2.05) is 12.1 Å². The number of hydrogen-bond acceptors (Lipinski definition) is 3. The van der Waals surface area contributed by atoms with E-state index in [1.54, 1.807) is 13.2 Å². The van der Waals surface area contributed by atoms with Crippen LogP contribution in [0.5, 0.6) is 0 Å². The molecule has 112 valence electrons. The van der Waals surface area contributed by atoms with Crippen LogP contribution in [-0.2, 0) is 4.74 Å². The Hall–Kier alpha value is -0.320. The summed E-state index contributed by atoms with van der Waals surface area (Å²) >= 11 is 12.2. The van der Waals surface area contributed by atoms with Gasteiger partial charge in [0, 0.05) is 19.7 Å². The molecule has 2 unspecified atom stereocenters. The Morgan fingerprint density at radius 3 is 3.00 bits per heavy atom. The SMILES string of the molecule is COCC1CCN(CCC(N)c2cccc(Cl)c2Cl)C1. The minimum Gasteiger partial charge on any atom is -0.384 e. The lowest BCUT2D eigenvalue weighted by Crippen LogP contribution is -2.26. The monoisotopic (exact) mass is 316 g/mol. The van der Waals surface area contributed by atoms with Crippen LogP contribution in [0, 0.1) is 5.92 Å². The number of likely N-dealkylation sites (tertiary alicyclic amines) is 1. The first-order valence-electron chi connectivity index (χ1n) is 7.02. The molecule has 0 saturated carbocycles. The summed E-state index contributed by atoms with van der Waals surface area (Å²) in [5.41, 5.74) is 7.18. The number of nitrogens with zero attached hydrogens (tertiary/aromatic N) is 1. The molecule has 2 N–H and O–H groups in total. The second-order valence-corrected chi connectivity index (χ2v) is 6.23. The van der Waals surface area contributed by atoms with E-state index < -0.39 is 0 Å². The number of halogens is 2. The standard InChI is InChI=1S/C15H22Cl2N2O/c1-20-10-11-5-7-19(9-11)8-6-14(18)12-3-2-4-13(16)15(12)17/h2-4,11,14H,5-10,18H2,1H3. The fourth-order valence-corrected chi connectivity index (χ4v) is 3.22. The van der Waals surface area contributed by atoms with E-state index in [2.05, 4.69) is 4.90 Å². The molecular weight excluding hydrogens is 295 g/mol. The molecule has 1 aromatic rings. The Kier molecular flexibility index (Phi) is 6.12. The summed E-state index contributed by atoms with van der Waals surface area (Å²) in [7, 11) is 1.76. The van der Waals surface area contributed by atoms with Crippen LogP contribution in [0.2, 0.25) is 10.0 Å². The zero-order valence-electron chi connectivity index (χ0n) is 11.8. The normalized spacial score (nSPS) is 21.3. The van der Waals surface area contributed by atoms with Gasteiger partial charge in [0.25, 0.3) is 0 Å². The van der Waals surface area contributed by atoms with Gasteiger partial charge in [0.05, 0.1) is 16.7 Å². The minimum absolute atomic E-state index is 0.0670. The number of rotatable bonds is 6. The smallest absolute Gasteiger partial charge is 0.0640 e. The molecule has 20 heavy (non-hydrogen) atoms. The highest BCUT2D eigenvalue weighted by Crippen LogP contribution is 2.30. The van der Waals surface area contributed by atoms with E-state index in [0.29, 0.717) is 16.0 Å². The van der Waals surface area contributed by atoms with Gasteiger partial charge < -0.3 is 15.4 Å². The van der Waals surface area contributed by atoms with Gasteiger partial charge in [-0.1, -0.05) is 35.3 Å². The predicted molar refractivity (Wildman–Crippen MR) is 84.4 cm³/mol. The maximum Gasteiger partial charge on any atom is 0.0640 e. The fourth-order valence-electron chi connectivity index (χ4n) is 2.77. The first kappa shape index (κ1) is 16.1. The van der Waals surface area contributed by atoms with Crippen molar-refractivity contribution >= 4 is 23.2 Å². The third kappa shape index (κ3) is 4.09. The highest BCUT2D eigenvalue weighted by atomic mass is 35.5. The Morgan fingerprint density at radius 1 is 1.45 bits per heavy atom. The molecule has 0 aliphatic carbocycles. The molecule has 1 aliphatic heterocycles. The molecule has 0 spiro atoms. The Bertz CT molecular complexity index is 442. The number of ether oxygens (including phenoxy) is 1. The van der Waals surface area contributed by atoms with Gasteiger partial charge in [0.15, 0.2) is 0 Å². The summed E-state index contributed by atoms with van der Waals surface area (Å²) in [4.78, 5) is 2.45. The third-order valence-electron chi connectivity index (χ3n) is 3.91. The molecule has 2 rings (SSSR count). The van der Waals surface area contributed by atoms with Crippen LogP contribution in [0.4, 0.5) is 0 Å². The summed E-state index contributed by atoms with van der Waals surface area (Å²) in [5.74, 6) is 0.658. The average molecular weight is 317 g/mol. The predicted octanol–water partition coefficient (Wildman–Crippen LogP) is 3.35. The van der Waals surface area contributed by atoms with Crippen LogP contribution in [-0.4, -0.2) is 38.3 Å². The zero-order chi connectivity index (χ0) is 14.5. The van der Waals surface area contributed by atoms with Gasteiger partial charge in [-0.15, -0.1) is 0 Å². The lowest BCUT2D eigenvalue weighted by molar-refractivity contribution is 0.153. The maximum absolute atomic E-state index is 6.24. The lowest BCUT2D eigenvalue weighted by atomic mass is 10.0. The van der Waals surface area contributed by atoms with E-state index in [9.17, 15) is 0 Å². The average Bonchev–Trinajstić information content (AvgIpc) is 2.87. The molecular formula is C15H22Cl2N2O. The van der Waals surface area contributed by atoms with Crippen molar-refractivity contribution < 1.29 is 4.74 Å². The Balaban J connectivity index is 1.84. The quantitative estimate of drug-likeness (QED) is 0.874. The van der Waals surface area contributed by atoms with Crippen LogP contribution < -0.4 is 5.73 Å². The van der Waals surface area contributed by atoms with Crippen molar-refractivity contribution in [3.63, 3.8) is 0 Å². The molecule has 1 aliphatic rings. The van der Waals surface area contributed by atoms with Gasteiger partial charge in [-0.3, -0.25) is 0 Å². The Morgan fingerprint density at radius 2 is 2.25 bits per heavy atom. The summed E-state index contributed by atoms with van der Waals surface area (Å²) in [6.45, 7) is 4.07. The molecule has 0 radical (unpaired) electrons. The van der Waals surface area contributed by atoms with Crippen molar-refractivity contribution in [1.82, 2.24) is 4.90 Å². The molecule has 1 fully saturated rings. The number of benzene rings is 1. The Labute approximate surface area is 131 Å². The number of nitrogens with two attached hydrogens (primary N) is 1. The topological polar surface area (TPSA) is 38.5 Å². The molecule has 1 aromatic carbocycles. The summed E-state index contributed by atoms with van der Waals surface area (Å²) in [6, 6.07) is 5.57. The molecule has 0 aromatic heterocycles. The third-order valence-corrected chi connectivity index (χ3v) is 4.74. The van der Waals surface area contributed by atoms with Crippen molar-refractivity contribution in [2.45, 2.75) is 18.9 Å². The van der Waals surface area contributed by atoms with Crippen molar-refractivity contribution in [2.24, 2.45) is 11.7 Å². The van der Waals surface area contributed by atoms with Gasteiger partial charge >= 0.3 is 0 Å². The van der Waals surface area contributed by atoms with E-state index >= 15 is 0 Å². The minimum atomic E-state index is -0.0670. The van der Waals surface area contributed by atoms with Crippen LogP contribution in [0.25, 0.3) is 0 Å². The first-order chi connectivity index (χ1) is 9.61. The van der Waals surface area contributed by atoms with Crippen LogP contribution >= 0.6 is 23.2 Å². The second-order valence-electron chi connectivity index (χ2n) is 5.45. The molecule has 1 heterocycles. The van der Waals surface area contributed by atoms with E-state index in [0.717, 1.165) is 38.2 Å². The van der Waals surface area contributed by atoms with Crippen molar-refractivity contribution in [3.8, 4) is 0 Å². The van der Waals surface area contributed by atoms with E-state index in [4.69, 9.17) is 33.7 Å². The maximum atomic E-state index is 6.24. The summed E-state index contributed by atoms with van der Waals surface area (Å²) < 4.78 is 5.21.